The zero-order valence-electron chi connectivity index (χ0n) is 19.7. The van der Waals surface area contributed by atoms with Crippen molar-refractivity contribution in [3.8, 4) is 11.1 Å². The molecule has 0 bridgehead atoms. The Morgan fingerprint density at radius 1 is 1.09 bits per heavy atom. The van der Waals surface area contributed by atoms with Crippen LogP contribution in [-0.4, -0.2) is 65.4 Å². The fourth-order valence-corrected chi connectivity index (χ4v) is 5.62. The molecule has 8 heteroatoms. The lowest BCUT2D eigenvalue weighted by atomic mass is 9.87. The minimum absolute atomic E-state index is 0.0602. The Balaban J connectivity index is 1.24. The maximum atomic E-state index is 13.3. The lowest BCUT2D eigenvalue weighted by Crippen LogP contribution is -2.61. The van der Waals surface area contributed by atoms with Crippen molar-refractivity contribution >= 4 is 18.0 Å². The van der Waals surface area contributed by atoms with Gasteiger partial charge in [0.1, 0.15) is 12.1 Å². The van der Waals surface area contributed by atoms with Crippen LogP contribution in [0.25, 0.3) is 11.1 Å². The second-order valence-corrected chi connectivity index (χ2v) is 9.68. The number of likely N-dealkylation sites (tertiary alicyclic amines) is 1. The molecule has 5 rings (SSSR count). The van der Waals surface area contributed by atoms with Crippen LogP contribution in [0.1, 0.15) is 49.7 Å². The van der Waals surface area contributed by atoms with Crippen LogP contribution in [0.15, 0.2) is 48.5 Å². The fraction of sp³-hybridized carbons (Fsp3) is 0.444. The van der Waals surface area contributed by atoms with Crippen molar-refractivity contribution in [3.63, 3.8) is 0 Å². The molecule has 3 atom stereocenters. The molecule has 0 saturated carbocycles. The molecule has 2 saturated heterocycles. The number of carbonyl (C=O) groups excluding carboxylic acids is 2. The van der Waals surface area contributed by atoms with Gasteiger partial charge in [0.15, 0.2) is 6.10 Å². The summed E-state index contributed by atoms with van der Waals surface area (Å²) in [5.41, 5.74) is 3.27. The van der Waals surface area contributed by atoms with Crippen LogP contribution < -0.4 is 5.32 Å². The van der Waals surface area contributed by atoms with Crippen LogP contribution in [0, 0.1) is 0 Å². The predicted octanol–water partition coefficient (Wildman–Crippen LogP) is 3.54. The number of carbonyl (C=O) groups is 3. The van der Waals surface area contributed by atoms with E-state index in [4.69, 9.17) is 9.47 Å². The number of fused-ring (bicyclic) bond motifs is 3. The van der Waals surface area contributed by atoms with Crippen molar-refractivity contribution in [3.05, 3.63) is 59.7 Å². The largest absolute Gasteiger partial charge is 0.480 e. The van der Waals surface area contributed by atoms with Gasteiger partial charge in [-0.15, -0.1) is 0 Å². The van der Waals surface area contributed by atoms with Gasteiger partial charge in [-0.05, 0) is 54.9 Å². The Morgan fingerprint density at radius 2 is 1.74 bits per heavy atom. The summed E-state index contributed by atoms with van der Waals surface area (Å²) in [6.45, 7) is 2.42. The van der Waals surface area contributed by atoms with Gasteiger partial charge in [0, 0.05) is 19.1 Å². The topological polar surface area (TPSA) is 105 Å². The van der Waals surface area contributed by atoms with E-state index in [0.29, 0.717) is 26.0 Å². The van der Waals surface area contributed by atoms with Gasteiger partial charge < -0.3 is 24.8 Å². The SMILES string of the molecule is CC1(C(=O)O)CCCCN1C(=O)C1OCCC1NC(=O)OCC1c2ccccc2-c2ccccc21. The van der Waals surface area contributed by atoms with Crippen LogP contribution >= 0.6 is 0 Å². The smallest absolute Gasteiger partial charge is 0.407 e. The molecule has 0 spiro atoms. The molecule has 184 valence electrons. The van der Waals surface area contributed by atoms with Gasteiger partial charge in [0.2, 0.25) is 0 Å². The van der Waals surface area contributed by atoms with Gasteiger partial charge in [0.05, 0.1) is 6.04 Å². The van der Waals surface area contributed by atoms with Gasteiger partial charge in [-0.25, -0.2) is 9.59 Å². The summed E-state index contributed by atoms with van der Waals surface area (Å²) >= 11 is 0. The monoisotopic (exact) mass is 478 g/mol. The molecule has 1 aliphatic carbocycles. The maximum absolute atomic E-state index is 13.3. The van der Waals surface area contributed by atoms with Crippen LogP contribution in [0.2, 0.25) is 0 Å². The number of benzene rings is 2. The van der Waals surface area contributed by atoms with Crippen molar-refractivity contribution in [1.82, 2.24) is 10.2 Å². The molecule has 8 nitrogen and oxygen atoms in total. The lowest BCUT2D eigenvalue weighted by Gasteiger charge is -2.43. The highest BCUT2D eigenvalue weighted by Crippen LogP contribution is 2.44. The number of aliphatic carboxylic acids is 1. The molecule has 2 heterocycles. The zero-order valence-corrected chi connectivity index (χ0v) is 19.7. The first-order valence-corrected chi connectivity index (χ1v) is 12.2. The van der Waals surface area contributed by atoms with Gasteiger partial charge in [-0.3, -0.25) is 4.79 Å². The second kappa shape index (κ2) is 9.34. The summed E-state index contributed by atoms with van der Waals surface area (Å²) in [6.07, 6.45) is 0.807. The number of nitrogens with zero attached hydrogens (tertiary/aromatic N) is 1. The molecule has 0 aromatic heterocycles. The minimum Gasteiger partial charge on any atom is -0.480 e. The molecule has 2 aromatic carbocycles. The van der Waals surface area contributed by atoms with E-state index in [-0.39, 0.29) is 12.5 Å². The number of carboxylic acids is 1. The molecular formula is C27H30N2O6. The Bertz CT molecular complexity index is 1100. The number of alkyl carbamates (subject to hydrolysis) is 1. The molecule has 2 N–H and O–H groups in total. The average molecular weight is 479 g/mol. The fourth-order valence-electron chi connectivity index (χ4n) is 5.62. The molecule has 3 unspecified atom stereocenters. The quantitative estimate of drug-likeness (QED) is 0.681. The van der Waals surface area contributed by atoms with Gasteiger partial charge >= 0.3 is 12.1 Å². The van der Waals surface area contributed by atoms with Crippen molar-refractivity contribution in [2.75, 3.05) is 19.8 Å². The Hall–Kier alpha value is -3.39. The molecule has 2 amide bonds. The van der Waals surface area contributed by atoms with Crippen molar-refractivity contribution < 1.29 is 29.0 Å². The lowest BCUT2D eigenvalue weighted by molar-refractivity contribution is -0.165. The third-order valence-corrected chi connectivity index (χ3v) is 7.60. The number of rotatable bonds is 5. The number of amides is 2. The second-order valence-electron chi connectivity index (χ2n) is 9.68. The summed E-state index contributed by atoms with van der Waals surface area (Å²) < 4.78 is 11.3. The Labute approximate surface area is 204 Å². The van der Waals surface area contributed by atoms with Gasteiger partial charge in [-0.1, -0.05) is 48.5 Å². The molecule has 0 radical (unpaired) electrons. The molecule has 2 aromatic rings. The third kappa shape index (κ3) is 4.16. The van der Waals surface area contributed by atoms with E-state index in [1.165, 1.54) is 4.90 Å². The van der Waals surface area contributed by atoms with Crippen molar-refractivity contribution in [1.29, 1.82) is 0 Å². The third-order valence-electron chi connectivity index (χ3n) is 7.60. The van der Waals surface area contributed by atoms with Crippen molar-refractivity contribution in [2.45, 2.75) is 56.2 Å². The summed E-state index contributed by atoms with van der Waals surface area (Å²) in [5, 5.41) is 12.6. The van der Waals surface area contributed by atoms with Crippen LogP contribution in [0.4, 0.5) is 4.79 Å². The highest BCUT2D eigenvalue weighted by atomic mass is 16.6. The molecule has 2 fully saturated rings. The normalized spacial score (nSPS) is 25.6. The summed E-state index contributed by atoms with van der Waals surface area (Å²) in [4.78, 5) is 39.4. The van der Waals surface area contributed by atoms with E-state index in [2.05, 4.69) is 29.6 Å². The van der Waals surface area contributed by atoms with E-state index in [0.717, 1.165) is 35.1 Å². The summed E-state index contributed by atoms with van der Waals surface area (Å²) in [5.74, 6) is -1.48. The molecular weight excluding hydrogens is 448 g/mol. The molecule has 3 aliphatic rings. The zero-order chi connectivity index (χ0) is 24.6. The molecule has 35 heavy (non-hydrogen) atoms. The highest BCUT2D eigenvalue weighted by Gasteiger charge is 2.48. The standard InChI is InChI=1S/C27H30N2O6/c1-27(25(31)32)13-6-7-14-29(27)24(30)23-22(12-15-34-23)28-26(33)35-16-21-19-10-4-2-8-17(19)18-9-3-5-11-20(18)21/h2-5,8-11,21-23H,6-7,12-16H2,1H3,(H,28,33)(H,31,32). The number of ether oxygens (including phenoxy) is 2. The van der Waals surface area contributed by atoms with E-state index in [1.807, 2.05) is 24.3 Å². The first-order chi connectivity index (χ1) is 16.9. The first-order valence-electron chi connectivity index (χ1n) is 12.2. The number of piperidine rings is 1. The van der Waals surface area contributed by atoms with Gasteiger partial charge in [-0.2, -0.15) is 0 Å². The Kier molecular flexibility index (Phi) is 6.23. The van der Waals surface area contributed by atoms with E-state index in [9.17, 15) is 19.5 Å². The highest BCUT2D eigenvalue weighted by molar-refractivity contribution is 5.90. The van der Waals surface area contributed by atoms with Crippen LogP contribution in [-0.2, 0) is 19.1 Å². The average Bonchev–Trinajstić information content (AvgIpc) is 3.45. The summed E-state index contributed by atoms with van der Waals surface area (Å²) in [6, 6.07) is 15.7. The first kappa shape index (κ1) is 23.4. The Morgan fingerprint density at radius 3 is 2.40 bits per heavy atom. The van der Waals surface area contributed by atoms with Gasteiger partial charge in [0.25, 0.3) is 5.91 Å². The number of hydrogen-bond donors (Lipinski definition) is 2. The number of nitrogens with one attached hydrogen (secondary N) is 1. The van der Waals surface area contributed by atoms with Crippen LogP contribution in [0.5, 0.6) is 0 Å². The number of carboxylic acid groups (broad SMARTS) is 1. The predicted molar refractivity (Wildman–Crippen MR) is 128 cm³/mol. The van der Waals surface area contributed by atoms with E-state index in [1.54, 1.807) is 6.92 Å². The van der Waals surface area contributed by atoms with Crippen LogP contribution in [0.3, 0.4) is 0 Å². The van der Waals surface area contributed by atoms with E-state index >= 15 is 0 Å². The maximum Gasteiger partial charge on any atom is 0.407 e. The minimum atomic E-state index is -1.27. The van der Waals surface area contributed by atoms with Crippen molar-refractivity contribution in [2.24, 2.45) is 0 Å². The molecule has 2 aliphatic heterocycles. The summed E-state index contributed by atoms with van der Waals surface area (Å²) in [7, 11) is 0. The number of hydrogen-bond acceptors (Lipinski definition) is 5. The van der Waals surface area contributed by atoms with E-state index < -0.39 is 35.7 Å².